The van der Waals surface area contributed by atoms with Crippen molar-refractivity contribution in [1.82, 2.24) is 0 Å². The Labute approximate surface area is 370 Å². The van der Waals surface area contributed by atoms with Gasteiger partial charge in [-0.05, 0) is 0 Å². The first-order valence-corrected chi connectivity index (χ1v) is 38.4. The van der Waals surface area contributed by atoms with E-state index in [1.807, 2.05) is 0 Å². The minimum absolute atomic E-state index is 0.0868. The second-order valence-electron chi connectivity index (χ2n) is 19.4. The van der Waals surface area contributed by atoms with E-state index in [1.165, 1.54) is 114 Å². The van der Waals surface area contributed by atoms with Gasteiger partial charge in [-0.1, -0.05) is 0 Å². The zero-order valence-corrected chi connectivity index (χ0v) is 43.7. The summed E-state index contributed by atoms with van der Waals surface area (Å²) in [4.78, 5) is 0. The van der Waals surface area contributed by atoms with E-state index in [9.17, 15) is 17.2 Å². The molecular weight excluding hydrogens is 950 g/mol. The maximum absolute atomic E-state index is 9.46. The number of rotatable bonds is 9. The second-order valence-corrected chi connectivity index (χ2v) is 50.5. The monoisotopic (exact) mass is 1010 g/mol. The zero-order chi connectivity index (χ0) is 42.4. The van der Waals surface area contributed by atoms with Crippen LogP contribution < -0.4 is 13.7 Å². The van der Waals surface area contributed by atoms with Crippen molar-refractivity contribution in [2.24, 2.45) is 11.8 Å². The second kappa shape index (κ2) is 15.4. The molecule has 305 valence electrons. The van der Waals surface area contributed by atoms with Gasteiger partial charge in [0.1, 0.15) is 0 Å². The Morgan fingerprint density at radius 1 is 0.517 bits per heavy atom. The van der Waals surface area contributed by atoms with Crippen LogP contribution in [0.2, 0.25) is 0 Å². The molecule has 60 heavy (non-hydrogen) atoms. The molecule has 6 aromatic rings. The summed E-state index contributed by atoms with van der Waals surface area (Å²) in [6, 6.07) is 39.6. The molecule has 0 nitrogen and oxygen atoms in total. The Morgan fingerprint density at radius 2 is 0.967 bits per heavy atom. The molecule has 2 atom stereocenters. The first-order valence-electron chi connectivity index (χ1n) is 22.2. The molecular formula is C56H59Cl2HfSi. The van der Waals surface area contributed by atoms with Crippen molar-refractivity contribution >= 4 is 52.5 Å². The van der Waals surface area contributed by atoms with Crippen LogP contribution in [0.3, 0.4) is 0 Å². The van der Waals surface area contributed by atoms with Crippen molar-refractivity contribution in [3.8, 4) is 33.4 Å². The normalized spacial score (nSPS) is 17.7. The summed E-state index contributed by atoms with van der Waals surface area (Å²) in [7, 11) is 18.0. The molecule has 0 spiro atoms. The predicted octanol–water partition coefficient (Wildman–Crippen LogP) is 14.0. The van der Waals surface area contributed by atoms with Crippen molar-refractivity contribution in [3.63, 3.8) is 0 Å². The Bertz CT molecular complexity index is 2680. The molecule has 0 saturated carbocycles. The molecule has 1 aliphatic heterocycles. The average molecular weight is 1010 g/mol. The molecule has 1 heterocycles. The van der Waals surface area contributed by atoms with Crippen LogP contribution in [0.4, 0.5) is 0 Å². The Morgan fingerprint density at radius 3 is 1.47 bits per heavy atom. The Kier molecular flexibility index (Phi) is 10.7. The van der Waals surface area contributed by atoms with Gasteiger partial charge in [-0.25, -0.2) is 0 Å². The summed E-state index contributed by atoms with van der Waals surface area (Å²) in [5.41, 5.74) is 24.0. The molecule has 4 heteroatoms. The molecule has 6 aromatic carbocycles. The molecule has 0 N–H and O–H groups in total. The van der Waals surface area contributed by atoms with Crippen LogP contribution in [0.15, 0.2) is 114 Å². The van der Waals surface area contributed by atoms with E-state index in [2.05, 4.69) is 185 Å². The quantitative estimate of drug-likeness (QED) is 0.126. The van der Waals surface area contributed by atoms with Gasteiger partial charge in [-0.3, -0.25) is 0 Å². The van der Waals surface area contributed by atoms with Crippen LogP contribution >= 0.6 is 17.2 Å². The molecule has 0 amide bonds. The van der Waals surface area contributed by atoms with Gasteiger partial charge in [0, 0.05) is 0 Å². The van der Waals surface area contributed by atoms with Crippen LogP contribution in [0.1, 0.15) is 104 Å². The third kappa shape index (κ3) is 6.61. The van der Waals surface area contributed by atoms with E-state index in [0.717, 1.165) is 12.8 Å². The molecule has 3 aliphatic rings. The summed E-state index contributed by atoms with van der Waals surface area (Å²) in [6.07, 6.45) is 7.01. The van der Waals surface area contributed by atoms with Gasteiger partial charge in [-0.2, -0.15) is 0 Å². The Balaban J connectivity index is 1.39. The fourth-order valence-electron chi connectivity index (χ4n) is 11.7. The number of benzene rings is 6. The first-order chi connectivity index (χ1) is 28.6. The number of hydrogen-bond donors (Lipinski definition) is 0. The van der Waals surface area contributed by atoms with Crippen LogP contribution in [0, 0.1) is 53.4 Å². The van der Waals surface area contributed by atoms with Gasteiger partial charge < -0.3 is 0 Å². The molecule has 0 fully saturated rings. The number of aryl methyl sites for hydroxylation is 4. The van der Waals surface area contributed by atoms with E-state index in [-0.39, 0.29) is 7.35 Å². The summed E-state index contributed by atoms with van der Waals surface area (Å²) in [5, 5.41) is 2.98. The van der Waals surface area contributed by atoms with Gasteiger partial charge in [0.25, 0.3) is 0 Å². The Hall–Kier alpha value is -3.53. The summed E-state index contributed by atoms with van der Waals surface area (Å²) in [5.74, 6) is 0.878. The fraction of sp³-hybridized carbons (Fsp3) is 0.286. The maximum atomic E-state index is 9.46. The van der Waals surface area contributed by atoms with Crippen LogP contribution in [-0.2, 0) is 16.1 Å². The van der Waals surface area contributed by atoms with Crippen molar-refractivity contribution < 1.29 is 16.1 Å². The molecule has 0 saturated heterocycles. The molecule has 2 aliphatic carbocycles. The van der Waals surface area contributed by atoms with E-state index >= 15 is 0 Å². The number of allylic oxidation sites excluding steroid dienone is 2. The van der Waals surface area contributed by atoms with E-state index in [0.29, 0.717) is 11.8 Å². The van der Waals surface area contributed by atoms with Crippen molar-refractivity contribution in [1.29, 1.82) is 0 Å². The van der Waals surface area contributed by atoms with Crippen molar-refractivity contribution in [2.75, 3.05) is 0 Å². The van der Waals surface area contributed by atoms with Crippen LogP contribution in [-0.4, -0.2) is 9.52 Å². The van der Waals surface area contributed by atoms with Crippen molar-refractivity contribution in [3.05, 3.63) is 170 Å². The third-order valence-corrected chi connectivity index (χ3v) is 46.0. The first kappa shape index (κ1) is 41.8. The fourth-order valence-corrected chi connectivity index (χ4v) is 50.6. The third-order valence-electron chi connectivity index (χ3n) is 14.2. The summed E-state index contributed by atoms with van der Waals surface area (Å²) < 4.78 is 1.14. The van der Waals surface area contributed by atoms with E-state index in [4.69, 9.17) is 0 Å². The van der Waals surface area contributed by atoms with Gasteiger partial charge in [0.2, 0.25) is 0 Å². The topological polar surface area (TPSA) is 0 Å². The SMILES string of the molecule is Cc1cc(C)c(C)c(-c2cccc3c2C=C(CC(C)C)[CH]3[Hf]([Cl])([Cl])([c]2cccc3c2[SiH2]c2ccccc2-3)[CH]2C(CC(C)C)=Cc3c(-c4cc(C)cc(C)c4C)cccc32)c1. The summed E-state index contributed by atoms with van der Waals surface area (Å²) in [6.45, 7) is 23.0. The van der Waals surface area contributed by atoms with Crippen molar-refractivity contribution in [2.45, 2.75) is 89.4 Å². The number of hydrogen-bond acceptors (Lipinski definition) is 0. The number of fused-ring (bicyclic) bond motifs is 5. The molecule has 2 unspecified atom stereocenters. The average Bonchev–Trinajstić information content (AvgIpc) is 3.88. The number of halogens is 2. The van der Waals surface area contributed by atoms with Gasteiger partial charge in [0.05, 0.1) is 0 Å². The van der Waals surface area contributed by atoms with E-state index in [1.54, 1.807) is 0 Å². The molecule has 0 bridgehead atoms. The standard InChI is InChI=1S/2C22H25.C12H9Si.2ClH.Hf/c2*1-14(2)9-18-12-19-7-6-8-20(22(19)13-18)21-11-15(3)10-16(4)17(21)5;1-3-7-11-9(5-1)10-6-2-4-8-12(10)13-11;;;/h2*6-8,10-14H,9H2,1-5H3;1-7H,13H2;2*1H;/q;;;;;+2/p-2. The minimum atomic E-state index is -5.86. The molecule has 0 aromatic heterocycles. The van der Waals surface area contributed by atoms with Gasteiger partial charge in [0.15, 0.2) is 0 Å². The summed E-state index contributed by atoms with van der Waals surface area (Å²) >= 11 is -5.86. The molecule has 0 radical (unpaired) electrons. The van der Waals surface area contributed by atoms with E-state index < -0.39 is 25.7 Å². The van der Waals surface area contributed by atoms with Crippen LogP contribution in [0.25, 0.3) is 45.5 Å². The zero-order valence-electron chi connectivity index (χ0n) is 37.2. The predicted molar refractivity (Wildman–Crippen MR) is 264 cm³/mol. The van der Waals surface area contributed by atoms with Crippen LogP contribution in [0.5, 0.6) is 0 Å². The van der Waals surface area contributed by atoms with Gasteiger partial charge in [-0.15, -0.1) is 0 Å². The van der Waals surface area contributed by atoms with Gasteiger partial charge >= 0.3 is 373 Å². The molecule has 9 rings (SSSR count).